The Bertz CT molecular complexity index is 578. The zero-order chi connectivity index (χ0) is 14.2. The van der Waals surface area contributed by atoms with E-state index in [0.29, 0.717) is 11.1 Å². The van der Waals surface area contributed by atoms with E-state index in [1.54, 1.807) is 0 Å². The fraction of sp³-hybridized carbons (Fsp3) is 0.429. The van der Waals surface area contributed by atoms with E-state index in [0.717, 1.165) is 29.5 Å². The number of hydrogen-bond acceptors (Lipinski definition) is 3. The first-order valence-electron chi connectivity index (χ1n) is 6.59. The lowest BCUT2D eigenvalue weighted by Gasteiger charge is -2.36. The standard InChI is InChI=1S/C14H15BrN2O2S/c15-11-5-1-3-9(7-11)14-6-2-4-10(14)8-20-12(17-14)16-13(18)19/h1,3,5,7,10H,2,4,6,8H2,(H,16,17)(H,18,19)/t10-,14+/m0/s1. The molecule has 1 aromatic rings. The number of halogens is 1. The molecule has 1 aromatic carbocycles. The van der Waals surface area contributed by atoms with Gasteiger partial charge in [-0.15, -0.1) is 0 Å². The minimum absolute atomic E-state index is 0.257. The summed E-state index contributed by atoms with van der Waals surface area (Å²) in [5.74, 6) is 1.41. The molecule has 1 fully saturated rings. The number of fused-ring (bicyclic) bond motifs is 1. The summed E-state index contributed by atoms with van der Waals surface area (Å²) in [6.45, 7) is 0. The van der Waals surface area contributed by atoms with Crippen LogP contribution < -0.4 is 5.32 Å². The molecular formula is C14H15BrN2O2S. The van der Waals surface area contributed by atoms with E-state index in [4.69, 9.17) is 10.1 Å². The maximum Gasteiger partial charge on any atom is 0.410 e. The maximum absolute atomic E-state index is 10.8. The lowest BCUT2D eigenvalue weighted by atomic mass is 9.82. The van der Waals surface area contributed by atoms with Crippen LogP contribution in [0.15, 0.2) is 33.7 Å². The van der Waals surface area contributed by atoms with Crippen LogP contribution in [0.1, 0.15) is 24.8 Å². The first-order chi connectivity index (χ1) is 9.60. The van der Waals surface area contributed by atoms with Crippen molar-refractivity contribution >= 4 is 39.0 Å². The fourth-order valence-electron chi connectivity index (χ4n) is 3.18. The Morgan fingerprint density at radius 2 is 2.40 bits per heavy atom. The maximum atomic E-state index is 10.8. The summed E-state index contributed by atoms with van der Waals surface area (Å²) in [5.41, 5.74) is 0.923. The fourth-order valence-corrected chi connectivity index (χ4v) is 4.77. The third-order valence-corrected chi connectivity index (χ3v) is 5.58. The Morgan fingerprint density at radius 3 is 3.15 bits per heavy atom. The van der Waals surface area contributed by atoms with Gasteiger partial charge >= 0.3 is 6.09 Å². The van der Waals surface area contributed by atoms with Crippen LogP contribution in [0.4, 0.5) is 4.79 Å². The van der Waals surface area contributed by atoms with E-state index in [2.05, 4.69) is 33.4 Å². The number of thioether (sulfide) groups is 1. The van der Waals surface area contributed by atoms with E-state index in [-0.39, 0.29) is 5.54 Å². The first-order valence-corrected chi connectivity index (χ1v) is 8.37. The van der Waals surface area contributed by atoms with Crippen molar-refractivity contribution in [3.8, 4) is 0 Å². The SMILES string of the molecule is O=C(O)NC1=N[C@@]2(c3cccc(Br)c3)CCC[C@H]2CS1. The van der Waals surface area contributed by atoms with Gasteiger partial charge in [0.2, 0.25) is 0 Å². The Balaban J connectivity index is 2.03. The molecule has 0 unspecified atom stereocenters. The van der Waals surface area contributed by atoms with E-state index in [1.165, 1.54) is 17.3 Å². The molecule has 0 spiro atoms. The number of nitrogens with one attached hydrogen (secondary N) is 1. The summed E-state index contributed by atoms with van der Waals surface area (Å²) in [6.07, 6.45) is 2.24. The summed E-state index contributed by atoms with van der Waals surface area (Å²) >= 11 is 5.03. The molecule has 0 saturated heterocycles. The van der Waals surface area contributed by atoms with Gasteiger partial charge in [0.1, 0.15) is 0 Å². The van der Waals surface area contributed by atoms with Gasteiger partial charge < -0.3 is 5.11 Å². The Kier molecular flexibility index (Phi) is 3.77. The molecule has 0 radical (unpaired) electrons. The van der Waals surface area contributed by atoms with Crippen molar-refractivity contribution in [1.82, 2.24) is 5.32 Å². The van der Waals surface area contributed by atoms with Gasteiger partial charge in [0, 0.05) is 10.2 Å². The molecule has 1 heterocycles. The van der Waals surface area contributed by atoms with Gasteiger partial charge in [-0.1, -0.05) is 46.2 Å². The van der Waals surface area contributed by atoms with Crippen molar-refractivity contribution < 1.29 is 9.90 Å². The van der Waals surface area contributed by atoms with E-state index in [1.807, 2.05) is 12.1 Å². The smallest absolute Gasteiger partial charge is 0.410 e. The molecule has 0 aromatic heterocycles. The number of hydrogen-bond donors (Lipinski definition) is 2. The number of amidine groups is 1. The summed E-state index contributed by atoms with van der Waals surface area (Å²) in [5, 5.41) is 11.8. The molecule has 1 aliphatic heterocycles. The minimum atomic E-state index is -1.04. The molecule has 106 valence electrons. The van der Waals surface area contributed by atoms with Crippen molar-refractivity contribution in [3.05, 3.63) is 34.3 Å². The molecule has 20 heavy (non-hydrogen) atoms. The number of carboxylic acid groups (broad SMARTS) is 1. The van der Waals surface area contributed by atoms with Crippen molar-refractivity contribution in [3.63, 3.8) is 0 Å². The second-order valence-corrected chi connectivity index (χ2v) is 7.11. The zero-order valence-electron chi connectivity index (χ0n) is 10.8. The molecule has 1 saturated carbocycles. The Morgan fingerprint density at radius 1 is 1.55 bits per heavy atom. The molecule has 1 aliphatic carbocycles. The topological polar surface area (TPSA) is 61.7 Å². The van der Waals surface area contributed by atoms with Gasteiger partial charge in [-0.05, 0) is 36.5 Å². The highest BCUT2D eigenvalue weighted by Crippen LogP contribution is 2.51. The molecular weight excluding hydrogens is 340 g/mol. The van der Waals surface area contributed by atoms with Crippen molar-refractivity contribution in [2.75, 3.05) is 5.75 Å². The highest BCUT2D eigenvalue weighted by atomic mass is 79.9. The normalized spacial score (nSPS) is 28.6. The van der Waals surface area contributed by atoms with Gasteiger partial charge in [-0.3, -0.25) is 10.3 Å². The summed E-state index contributed by atoms with van der Waals surface area (Å²) in [4.78, 5) is 15.6. The number of benzene rings is 1. The monoisotopic (exact) mass is 354 g/mol. The van der Waals surface area contributed by atoms with Crippen LogP contribution in [0.5, 0.6) is 0 Å². The number of nitrogens with zero attached hydrogens (tertiary/aromatic N) is 1. The average Bonchev–Trinajstić information content (AvgIpc) is 2.82. The third-order valence-electron chi connectivity index (χ3n) is 4.05. The van der Waals surface area contributed by atoms with Crippen molar-refractivity contribution in [2.24, 2.45) is 10.9 Å². The highest BCUT2D eigenvalue weighted by molar-refractivity contribution is 9.10. The second-order valence-electron chi connectivity index (χ2n) is 5.18. The zero-order valence-corrected chi connectivity index (χ0v) is 13.2. The summed E-state index contributed by atoms with van der Waals surface area (Å²) < 4.78 is 1.04. The quantitative estimate of drug-likeness (QED) is 0.805. The van der Waals surface area contributed by atoms with Crippen molar-refractivity contribution in [1.29, 1.82) is 0 Å². The van der Waals surface area contributed by atoms with E-state index < -0.39 is 6.09 Å². The summed E-state index contributed by atoms with van der Waals surface area (Å²) in [7, 11) is 0. The molecule has 2 aliphatic rings. The number of amides is 1. The summed E-state index contributed by atoms with van der Waals surface area (Å²) in [6, 6.07) is 8.23. The minimum Gasteiger partial charge on any atom is -0.465 e. The van der Waals surface area contributed by atoms with Crippen LogP contribution in [0.2, 0.25) is 0 Å². The van der Waals surface area contributed by atoms with Crippen LogP contribution in [0.3, 0.4) is 0 Å². The molecule has 3 rings (SSSR count). The molecule has 2 N–H and O–H groups in total. The molecule has 6 heteroatoms. The molecule has 1 amide bonds. The number of carbonyl (C=O) groups is 1. The first kappa shape index (κ1) is 13.9. The van der Waals surface area contributed by atoms with Crippen LogP contribution in [-0.4, -0.2) is 22.1 Å². The highest BCUT2D eigenvalue weighted by Gasteiger charge is 2.46. The number of rotatable bonds is 1. The Hall–Kier alpha value is -1.01. The van der Waals surface area contributed by atoms with Gasteiger partial charge in [-0.2, -0.15) is 0 Å². The van der Waals surface area contributed by atoms with Gasteiger partial charge in [0.15, 0.2) is 5.17 Å². The van der Waals surface area contributed by atoms with Crippen LogP contribution in [0.25, 0.3) is 0 Å². The van der Waals surface area contributed by atoms with E-state index >= 15 is 0 Å². The average molecular weight is 355 g/mol. The van der Waals surface area contributed by atoms with Crippen LogP contribution in [0, 0.1) is 5.92 Å². The third kappa shape index (κ3) is 2.46. The lowest BCUT2D eigenvalue weighted by Crippen LogP contribution is -2.39. The van der Waals surface area contributed by atoms with Crippen LogP contribution >= 0.6 is 27.7 Å². The molecule has 2 atom stereocenters. The van der Waals surface area contributed by atoms with Crippen molar-refractivity contribution in [2.45, 2.75) is 24.8 Å². The number of aliphatic imine (C=N–C) groups is 1. The van der Waals surface area contributed by atoms with Gasteiger partial charge in [0.25, 0.3) is 0 Å². The largest absolute Gasteiger partial charge is 0.465 e. The predicted molar refractivity (Wildman–Crippen MR) is 84.2 cm³/mol. The second kappa shape index (κ2) is 5.41. The van der Waals surface area contributed by atoms with Gasteiger partial charge in [-0.25, -0.2) is 4.79 Å². The lowest BCUT2D eigenvalue weighted by molar-refractivity contribution is 0.200. The molecule has 0 bridgehead atoms. The van der Waals surface area contributed by atoms with Crippen LogP contribution in [-0.2, 0) is 5.54 Å². The predicted octanol–water partition coefficient (Wildman–Crippen LogP) is 3.81. The van der Waals surface area contributed by atoms with E-state index in [9.17, 15) is 4.79 Å². The Labute approximate surface area is 130 Å². The molecule has 4 nitrogen and oxygen atoms in total. The van der Waals surface area contributed by atoms with Gasteiger partial charge in [0.05, 0.1) is 5.54 Å².